The summed E-state index contributed by atoms with van der Waals surface area (Å²) < 4.78 is 30.0. The molecule has 0 bridgehead atoms. The van der Waals surface area contributed by atoms with Gasteiger partial charge in [-0.3, -0.25) is 4.99 Å². The molecule has 7 heteroatoms. The Morgan fingerprint density at radius 3 is 2.33 bits per heavy atom. The molecule has 27 heavy (non-hydrogen) atoms. The summed E-state index contributed by atoms with van der Waals surface area (Å²) in [4.78, 5) is 4.19. The zero-order valence-electron chi connectivity index (χ0n) is 16.1. The fourth-order valence-electron chi connectivity index (χ4n) is 2.45. The van der Waals surface area contributed by atoms with Gasteiger partial charge >= 0.3 is 0 Å². The molecule has 0 aliphatic heterocycles. The lowest BCUT2D eigenvalue weighted by molar-refractivity contribution is 0.311. The summed E-state index contributed by atoms with van der Waals surface area (Å²) in [6.45, 7) is 5.14. The van der Waals surface area contributed by atoms with Gasteiger partial charge in [0.2, 0.25) is 0 Å². The second kappa shape index (κ2) is 10.3. The zero-order valence-corrected chi connectivity index (χ0v) is 16.1. The first-order valence-electron chi connectivity index (χ1n) is 8.81. The predicted octanol–water partition coefficient (Wildman–Crippen LogP) is 3.82. The van der Waals surface area contributed by atoms with Crippen LogP contribution in [0.1, 0.15) is 19.4 Å². The molecule has 0 aromatic heterocycles. The number of guanidine groups is 1. The van der Waals surface area contributed by atoms with Gasteiger partial charge in [0.15, 0.2) is 29.0 Å². The first-order chi connectivity index (χ1) is 13.1. The lowest BCUT2D eigenvalue weighted by Gasteiger charge is -2.15. The molecule has 2 aromatic rings. The normalized spacial score (nSPS) is 11.1. The van der Waals surface area contributed by atoms with E-state index in [1.54, 1.807) is 20.2 Å². The Labute approximate surface area is 159 Å². The van der Waals surface area contributed by atoms with Crippen LogP contribution in [-0.2, 0) is 6.54 Å². The highest BCUT2D eigenvalue weighted by Crippen LogP contribution is 2.30. The van der Waals surface area contributed by atoms with Gasteiger partial charge in [-0.05, 0) is 43.7 Å². The molecule has 0 aliphatic rings. The summed E-state index contributed by atoms with van der Waals surface area (Å²) in [5.41, 5.74) is 1.57. The average Bonchev–Trinajstić information content (AvgIpc) is 2.68. The number of nitrogens with zero attached hydrogens (tertiary/aromatic N) is 1. The van der Waals surface area contributed by atoms with Crippen LogP contribution in [0.4, 0.5) is 10.1 Å². The molecule has 0 aliphatic carbocycles. The molecule has 0 amide bonds. The van der Waals surface area contributed by atoms with Gasteiger partial charge in [-0.15, -0.1) is 0 Å². The van der Waals surface area contributed by atoms with Crippen molar-refractivity contribution in [1.29, 1.82) is 0 Å². The van der Waals surface area contributed by atoms with Crippen LogP contribution in [-0.4, -0.2) is 33.3 Å². The van der Waals surface area contributed by atoms with E-state index in [4.69, 9.17) is 14.2 Å². The Morgan fingerprint density at radius 2 is 1.70 bits per heavy atom. The van der Waals surface area contributed by atoms with Crippen LogP contribution in [0.3, 0.4) is 0 Å². The number of halogens is 1. The molecule has 0 spiro atoms. The molecule has 2 N–H and O–H groups in total. The van der Waals surface area contributed by atoms with Gasteiger partial charge in [0.05, 0.1) is 20.3 Å². The fourth-order valence-corrected chi connectivity index (χ4v) is 2.45. The monoisotopic (exact) mass is 375 g/mol. The molecule has 0 atom stereocenters. The Morgan fingerprint density at radius 1 is 1.00 bits per heavy atom. The third kappa shape index (κ3) is 5.77. The van der Waals surface area contributed by atoms with Crippen LogP contribution in [0.15, 0.2) is 41.4 Å². The summed E-state index contributed by atoms with van der Waals surface area (Å²) in [6.07, 6.45) is 0. The fraction of sp³-hybridized carbons (Fsp3) is 0.350. The second-order valence-corrected chi connectivity index (χ2v) is 5.55. The minimum atomic E-state index is -0.379. The van der Waals surface area contributed by atoms with Crippen LogP contribution in [0.5, 0.6) is 17.2 Å². The topological polar surface area (TPSA) is 64.1 Å². The lowest BCUT2D eigenvalue weighted by atomic mass is 10.2. The minimum absolute atomic E-state index is 0.255. The van der Waals surface area contributed by atoms with Gasteiger partial charge in [-0.2, -0.15) is 0 Å². The van der Waals surface area contributed by atoms with Gasteiger partial charge in [0.1, 0.15) is 0 Å². The number of aliphatic imine (C=N–C) groups is 1. The summed E-state index contributed by atoms with van der Waals surface area (Å²) in [6, 6.07) is 10.4. The second-order valence-electron chi connectivity index (χ2n) is 5.55. The molecule has 0 saturated carbocycles. The molecule has 0 unspecified atom stereocenters. The third-order valence-electron chi connectivity index (χ3n) is 3.71. The summed E-state index contributed by atoms with van der Waals surface area (Å²) in [7, 11) is 3.26. The van der Waals surface area contributed by atoms with Crippen molar-refractivity contribution in [3.8, 4) is 17.2 Å². The Balaban J connectivity index is 2.01. The molecular formula is C20H26FN3O3. The maximum atomic E-state index is 13.9. The predicted molar refractivity (Wildman–Crippen MR) is 106 cm³/mol. The SMILES string of the molecule is CCOc1ccc(CNC(=NC)Nc2ccc(OCC)c(OC)c2)cc1F. The van der Waals surface area contributed by atoms with Crippen molar-refractivity contribution < 1.29 is 18.6 Å². The molecule has 2 rings (SSSR count). The van der Waals surface area contributed by atoms with Crippen LogP contribution >= 0.6 is 0 Å². The maximum absolute atomic E-state index is 13.9. The first kappa shape index (κ1) is 20.4. The molecule has 6 nitrogen and oxygen atoms in total. The highest BCUT2D eigenvalue weighted by atomic mass is 19.1. The van der Waals surface area contributed by atoms with E-state index in [1.807, 2.05) is 38.1 Å². The molecule has 146 valence electrons. The van der Waals surface area contributed by atoms with Crippen LogP contribution < -0.4 is 24.8 Å². The van der Waals surface area contributed by atoms with Crippen molar-refractivity contribution in [1.82, 2.24) is 5.32 Å². The lowest BCUT2D eigenvalue weighted by Crippen LogP contribution is -2.30. The van der Waals surface area contributed by atoms with Crippen molar-refractivity contribution in [3.63, 3.8) is 0 Å². The Bertz CT molecular complexity index is 781. The van der Waals surface area contributed by atoms with E-state index in [0.717, 1.165) is 11.3 Å². The van der Waals surface area contributed by atoms with Crippen molar-refractivity contribution >= 4 is 11.6 Å². The number of anilines is 1. The molecule has 0 saturated heterocycles. The molecule has 2 aromatic carbocycles. The van der Waals surface area contributed by atoms with E-state index < -0.39 is 0 Å². The van der Waals surface area contributed by atoms with Crippen LogP contribution in [0.2, 0.25) is 0 Å². The van der Waals surface area contributed by atoms with Crippen molar-refractivity contribution in [2.45, 2.75) is 20.4 Å². The standard InChI is InChI=1S/C20H26FN3O3/c1-5-26-17-9-7-14(11-16(17)21)13-23-20(22-3)24-15-8-10-18(27-6-2)19(12-15)25-4/h7-12H,5-6,13H2,1-4H3,(H2,22,23,24). The van der Waals surface area contributed by atoms with E-state index in [9.17, 15) is 4.39 Å². The zero-order chi connectivity index (χ0) is 19.6. The molecular weight excluding hydrogens is 349 g/mol. The van der Waals surface area contributed by atoms with E-state index in [2.05, 4.69) is 15.6 Å². The van der Waals surface area contributed by atoms with Crippen molar-refractivity contribution in [3.05, 3.63) is 47.8 Å². The largest absolute Gasteiger partial charge is 0.493 e. The first-order valence-corrected chi connectivity index (χ1v) is 8.81. The van der Waals surface area contributed by atoms with Gasteiger partial charge in [-0.1, -0.05) is 6.07 Å². The number of benzene rings is 2. The number of rotatable bonds is 8. The van der Waals surface area contributed by atoms with Crippen LogP contribution in [0.25, 0.3) is 0 Å². The van der Waals surface area contributed by atoms with Gasteiger partial charge in [0, 0.05) is 25.3 Å². The number of ether oxygens (including phenoxy) is 3. The van der Waals surface area contributed by atoms with E-state index in [1.165, 1.54) is 6.07 Å². The van der Waals surface area contributed by atoms with Crippen molar-refractivity contribution in [2.75, 3.05) is 32.7 Å². The van der Waals surface area contributed by atoms with E-state index in [0.29, 0.717) is 37.2 Å². The number of methoxy groups -OCH3 is 1. The number of hydrogen-bond donors (Lipinski definition) is 2. The summed E-state index contributed by atoms with van der Waals surface area (Å²) in [5, 5.41) is 6.32. The molecule has 0 radical (unpaired) electrons. The Kier molecular flexibility index (Phi) is 7.73. The van der Waals surface area contributed by atoms with Gasteiger partial charge in [-0.25, -0.2) is 4.39 Å². The number of nitrogens with one attached hydrogen (secondary N) is 2. The average molecular weight is 375 g/mol. The van der Waals surface area contributed by atoms with E-state index >= 15 is 0 Å². The summed E-state index contributed by atoms with van der Waals surface area (Å²) >= 11 is 0. The summed E-state index contributed by atoms with van der Waals surface area (Å²) in [5.74, 6) is 1.74. The van der Waals surface area contributed by atoms with E-state index in [-0.39, 0.29) is 11.6 Å². The third-order valence-corrected chi connectivity index (χ3v) is 3.71. The van der Waals surface area contributed by atoms with Gasteiger partial charge < -0.3 is 24.8 Å². The molecule has 0 fully saturated rings. The number of hydrogen-bond acceptors (Lipinski definition) is 4. The molecule has 0 heterocycles. The quantitative estimate of drug-likeness (QED) is 0.542. The highest BCUT2D eigenvalue weighted by molar-refractivity contribution is 5.93. The smallest absolute Gasteiger partial charge is 0.195 e. The minimum Gasteiger partial charge on any atom is -0.493 e. The maximum Gasteiger partial charge on any atom is 0.195 e. The van der Waals surface area contributed by atoms with Crippen LogP contribution in [0, 0.1) is 5.82 Å². The highest BCUT2D eigenvalue weighted by Gasteiger charge is 2.08. The Hall–Kier alpha value is -2.96. The van der Waals surface area contributed by atoms with Crippen molar-refractivity contribution in [2.24, 2.45) is 4.99 Å². The van der Waals surface area contributed by atoms with Gasteiger partial charge in [0.25, 0.3) is 0 Å².